The van der Waals surface area contributed by atoms with Crippen LogP contribution in [0.2, 0.25) is 0 Å². The second-order valence-corrected chi connectivity index (χ2v) is 21.8. The lowest BCUT2D eigenvalue weighted by molar-refractivity contribution is -0.374. The smallest absolute Gasteiger partial charge is 0.187 e. The molecule has 8 fully saturated rings. The fourth-order valence-electron chi connectivity index (χ4n) is 14.0. The molecule has 0 aromatic rings. The third-order valence-corrected chi connectivity index (χ3v) is 18.4. The standard InChI is InChI=1S/C45H76O21/c1-18(17-60-38-35(55)33(53)30(50)25(15-46)63-38)6-11-44(58)20(3)45(59)28(66-44)13-24-22-12-27(48)43(57)14-21(7-9-41(43,4)23(22)8-10-42(24,45)5)62-40-37(34(54)31(51)26(16-47)64-40)65-39-36(56)32(52)29(49)19(2)61-39/h18-40,46-59H,6-17H2,1-5H3/t18-,19+,20-,21+,22-,23+,24+,25-,26-,27-,28+,29+,30-,31-,32-,33+,34+,35-,36-,37-,38-,39+,40-,41-,42+,43+,44-,45-/m1/s1. The number of hydrogen-bond acceptors (Lipinski definition) is 21. The van der Waals surface area contributed by atoms with E-state index in [2.05, 4.69) is 0 Å². The molecule has 14 N–H and O–H groups in total. The Hall–Kier alpha value is -0.840. The molecule has 66 heavy (non-hydrogen) atoms. The summed E-state index contributed by atoms with van der Waals surface area (Å²) in [6.07, 6.45) is -21.5. The first-order valence-electron chi connectivity index (χ1n) is 24.0. The van der Waals surface area contributed by atoms with Crippen molar-refractivity contribution in [3.8, 4) is 0 Å². The normalized spacial score (nSPS) is 57.7. The fraction of sp³-hybridized carbons (Fsp3) is 1.00. The van der Waals surface area contributed by atoms with Gasteiger partial charge in [-0.15, -0.1) is 0 Å². The second kappa shape index (κ2) is 18.6. The van der Waals surface area contributed by atoms with E-state index in [1.807, 2.05) is 20.8 Å². The first-order valence-corrected chi connectivity index (χ1v) is 24.0. The van der Waals surface area contributed by atoms with Crippen LogP contribution in [0.4, 0.5) is 0 Å². The Bertz CT molecular complexity index is 1680. The molecule has 0 amide bonds. The van der Waals surface area contributed by atoms with Gasteiger partial charge in [-0.05, 0) is 75.5 Å². The van der Waals surface area contributed by atoms with Crippen LogP contribution in [0.3, 0.4) is 0 Å². The predicted molar refractivity (Wildman–Crippen MR) is 222 cm³/mol. The SMILES string of the molecule is C[C@H](CC[C@@]1(O)O[C@H]2C[C@H]3[C@@H]4C[C@@H](O)[C@@]5(O)C[C@@H](O[C@@H]6O[C@H](CO)[C@@H](O)[C@H](O)[C@H]6O[C@@H]6O[C@@H](C)[C@H](O)[C@@H](O)[C@H]6O)CC[C@]5(C)[C@H]4CC[C@]3(C)[C@@]2(O)[C@@H]1C)CO[C@@H]1O[C@H](CO)[C@@H](O)[C@H](O)[C@H]1O. The van der Waals surface area contributed by atoms with Crippen LogP contribution < -0.4 is 0 Å². The lowest BCUT2D eigenvalue weighted by Gasteiger charge is -2.66. The summed E-state index contributed by atoms with van der Waals surface area (Å²) < 4.78 is 41.5. The van der Waals surface area contributed by atoms with E-state index in [0.717, 1.165) is 0 Å². The Balaban J connectivity index is 0.917. The highest BCUT2D eigenvalue weighted by molar-refractivity contribution is 5.25. The molecule has 4 saturated carbocycles. The summed E-state index contributed by atoms with van der Waals surface area (Å²) in [5, 5.41) is 153. The maximum absolute atomic E-state index is 12.8. The molecule has 4 saturated heterocycles. The van der Waals surface area contributed by atoms with Crippen molar-refractivity contribution in [1.82, 2.24) is 0 Å². The minimum atomic E-state index is -1.74. The number of rotatable bonds is 12. The average molecular weight is 953 g/mol. The van der Waals surface area contributed by atoms with Crippen molar-refractivity contribution in [1.29, 1.82) is 0 Å². The Labute approximate surface area is 384 Å². The highest BCUT2D eigenvalue weighted by atomic mass is 16.8. The van der Waals surface area contributed by atoms with Gasteiger partial charge in [-0.25, -0.2) is 0 Å². The van der Waals surface area contributed by atoms with Gasteiger partial charge in [0.1, 0.15) is 72.7 Å². The quantitative estimate of drug-likeness (QED) is 0.0842. The lowest BCUT2D eigenvalue weighted by atomic mass is 9.42. The molecule has 28 atom stereocenters. The second-order valence-electron chi connectivity index (χ2n) is 21.8. The zero-order valence-corrected chi connectivity index (χ0v) is 38.4. The topological polar surface area (TPSA) is 348 Å². The molecule has 0 spiro atoms. The third kappa shape index (κ3) is 8.05. The van der Waals surface area contributed by atoms with Gasteiger partial charge in [0.2, 0.25) is 0 Å². The molecule has 4 heterocycles. The summed E-state index contributed by atoms with van der Waals surface area (Å²) in [5.74, 6) is -2.89. The van der Waals surface area contributed by atoms with E-state index in [4.69, 9.17) is 33.2 Å². The molecular formula is C45H76O21. The van der Waals surface area contributed by atoms with E-state index in [1.54, 1.807) is 6.92 Å². The minimum absolute atomic E-state index is 0.0406. The largest absolute Gasteiger partial charge is 0.394 e. The molecule has 0 radical (unpaired) electrons. The molecule has 0 bridgehead atoms. The highest BCUT2D eigenvalue weighted by Crippen LogP contribution is 2.73. The van der Waals surface area contributed by atoms with E-state index < -0.39 is 157 Å². The number of aliphatic hydroxyl groups is 14. The minimum Gasteiger partial charge on any atom is -0.394 e. The Kier molecular flexibility index (Phi) is 14.6. The zero-order chi connectivity index (χ0) is 48.2. The van der Waals surface area contributed by atoms with Crippen LogP contribution in [0.15, 0.2) is 0 Å². The first kappa shape index (κ1) is 51.5. The molecule has 21 heteroatoms. The van der Waals surface area contributed by atoms with Crippen LogP contribution >= 0.6 is 0 Å². The van der Waals surface area contributed by atoms with Crippen LogP contribution in [0.5, 0.6) is 0 Å². The van der Waals surface area contributed by atoms with Crippen molar-refractivity contribution in [2.24, 2.45) is 40.4 Å². The van der Waals surface area contributed by atoms with Gasteiger partial charge in [0.05, 0.1) is 49.8 Å². The summed E-state index contributed by atoms with van der Waals surface area (Å²) in [4.78, 5) is 0. The Morgan fingerprint density at radius 1 is 0.652 bits per heavy atom. The monoisotopic (exact) mass is 952 g/mol. The van der Waals surface area contributed by atoms with Gasteiger partial charge in [-0.2, -0.15) is 0 Å². The van der Waals surface area contributed by atoms with E-state index in [1.165, 1.54) is 6.92 Å². The van der Waals surface area contributed by atoms with E-state index in [9.17, 15) is 71.5 Å². The van der Waals surface area contributed by atoms with Crippen molar-refractivity contribution in [2.45, 2.75) is 220 Å². The fourth-order valence-corrected chi connectivity index (χ4v) is 14.0. The summed E-state index contributed by atoms with van der Waals surface area (Å²) in [6.45, 7) is 7.96. The maximum atomic E-state index is 12.8. The summed E-state index contributed by atoms with van der Waals surface area (Å²) in [6, 6.07) is 0. The van der Waals surface area contributed by atoms with Gasteiger partial charge in [0.15, 0.2) is 24.7 Å². The molecule has 4 aliphatic carbocycles. The van der Waals surface area contributed by atoms with Gasteiger partial charge in [-0.1, -0.05) is 27.7 Å². The summed E-state index contributed by atoms with van der Waals surface area (Å²) in [5.41, 5.74) is -4.59. The van der Waals surface area contributed by atoms with Crippen LogP contribution in [-0.4, -0.2) is 219 Å². The molecule has 382 valence electrons. The van der Waals surface area contributed by atoms with Crippen LogP contribution in [0, 0.1) is 40.4 Å². The number of ether oxygens (including phenoxy) is 7. The first-order chi connectivity index (χ1) is 30.9. The molecule has 21 nitrogen and oxygen atoms in total. The van der Waals surface area contributed by atoms with E-state index in [0.29, 0.717) is 38.5 Å². The van der Waals surface area contributed by atoms with Gasteiger partial charge in [0.25, 0.3) is 0 Å². The van der Waals surface area contributed by atoms with Gasteiger partial charge in [0, 0.05) is 29.6 Å². The molecule has 8 rings (SSSR count). The van der Waals surface area contributed by atoms with E-state index >= 15 is 0 Å². The van der Waals surface area contributed by atoms with Crippen molar-refractivity contribution in [2.75, 3.05) is 19.8 Å². The Morgan fingerprint density at radius 2 is 1.26 bits per heavy atom. The van der Waals surface area contributed by atoms with Crippen molar-refractivity contribution in [3.05, 3.63) is 0 Å². The van der Waals surface area contributed by atoms with Crippen LogP contribution in [-0.2, 0) is 33.2 Å². The van der Waals surface area contributed by atoms with Crippen molar-refractivity contribution >= 4 is 0 Å². The van der Waals surface area contributed by atoms with Gasteiger partial charge in [-0.3, -0.25) is 0 Å². The van der Waals surface area contributed by atoms with Crippen molar-refractivity contribution < 1.29 is 105 Å². The van der Waals surface area contributed by atoms with Crippen LogP contribution in [0.25, 0.3) is 0 Å². The molecule has 0 aromatic heterocycles. The predicted octanol–water partition coefficient (Wildman–Crippen LogP) is -3.55. The highest BCUT2D eigenvalue weighted by Gasteiger charge is 2.77. The molecule has 4 aliphatic heterocycles. The maximum Gasteiger partial charge on any atom is 0.187 e. The third-order valence-electron chi connectivity index (χ3n) is 18.4. The zero-order valence-electron chi connectivity index (χ0n) is 38.4. The molecular weight excluding hydrogens is 876 g/mol. The number of fused-ring (bicyclic) bond motifs is 7. The molecule has 0 unspecified atom stereocenters. The Morgan fingerprint density at radius 3 is 1.92 bits per heavy atom. The average Bonchev–Trinajstić information content (AvgIpc) is 3.63. The van der Waals surface area contributed by atoms with Crippen molar-refractivity contribution in [3.63, 3.8) is 0 Å². The summed E-state index contributed by atoms with van der Waals surface area (Å²) >= 11 is 0. The summed E-state index contributed by atoms with van der Waals surface area (Å²) in [7, 11) is 0. The lowest BCUT2D eigenvalue weighted by Crippen LogP contribution is -2.70. The number of hydrogen-bond donors (Lipinski definition) is 14. The van der Waals surface area contributed by atoms with Gasteiger partial charge < -0.3 is 105 Å². The van der Waals surface area contributed by atoms with E-state index in [-0.39, 0.29) is 49.5 Å². The van der Waals surface area contributed by atoms with Gasteiger partial charge >= 0.3 is 0 Å². The molecule has 0 aromatic carbocycles. The molecule has 8 aliphatic rings. The number of aliphatic hydroxyl groups excluding tert-OH is 11. The van der Waals surface area contributed by atoms with Crippen LogP contribution in [0.1, 0.15) is 92.4 Å².